The quantitative estimate of drug-likeness (QED) is 0.152. The molecule has 0 aliphatic carbocycles. The van der Waals surface area contributed by atoms with E-state index in [4.69, 9.17) is 18.9 Å². The average Bonchev–Trinajstić information content (AvgIpc) is 2.85. The predicted molar refractivity (Wildman–Crippen MR) is 131 cm³/mol. The Bertz CT molecular complexity index is 1060. The molecule has 12 heteroatoms. The van der Waals surface area contributed by atoms with Crippen LogP contribution < -0.4 is 0 Å². The van der Waals surface area contributed by atoms with Crippen molar-refractivity contribution >= 4 is 35.4 Å². The fourth-order valence-corrected chi connectivity index (χ4v) is 2.71. The molecule has 1 aromatic carbocycles. The number of ketones is 2. The van der Waals surface area contributed by atoms with Crippen LogP contribution in [0.2, 0.25) is 0 Å². The first-order valence-corrected chi connectivity index (χ1v) is 11.2. The van der Waals surface area contributed by atoms with Crippen LogP contribution in [0.1, 0.15) is 69.1 Å². The lowest BCUT2D eigenvalue weighted by Gasteiger charge is -2.16. The first kappa shape index (κ1) is 31.9. The number of ether oxygens (including phenoxy) is 4. The molecule has 2 N–H and O–H groups in total. The van der Waals surface area contributed by atoms with E-state index in [1.165, 1.54) is 13.8 Å². The molecule has 0 aliphatic heterocycles. The van der Waals surface area contributed by atoms with Gasteiger partial charge in [-0.15, -0.1) is 0 Å². The second kappa shape index (κ2) is 14.5. The fourth-order valence-electron chi connectivity index (χ4n) is 2.71. The topological polar surface area (TPSA) is 180 Å². The van der Waals surface area contributed by atoms with Crippen LogP contribution in [-0.2, 0) is 28.5 Å². The maximum atomic E-state index is 12.7. The number of hydrogen-bond acceptors (Lipinski definition) is 12. The maximum absolute atomic E-state index is 12.7. The lowest BCUT2D eigenvalue weighted by molar-refractivity contribution is -0.143. The lowest BCUT2D eigenvalue weighted by Crippen LogP contribution is -2.27. The van der Waals surface area contributed by atoms with Gasteiger partial charge in [0.25, 0.3) is 0 Å². The summed E-state index contributed by atoms with van der Waals surface area (Å²) in [6.07, 6.45) is -2.80. The molecule has 2 atom stereocenters. The van der Waals surface area contributed by atoms with Gasteiger partial charge in [-0.2, -0.15) is 0 Å². The summed E-state index contributed by atoms with van der Waals surface area (Å²) in [6.45, 7) is 9.61. The molecule has 0 fully saturated rings. The SMILES string of the molecule is C=C(C)C(=O)OCC(O)COC(=O)c1cc(C(=O)OCC(O)COC(=O)C(=C)C)c(C(C)=O)cc1C(C)=O. The van der Waals surface area contributed by atoms with Crippen molar-refractivity contribution in [3.8, 4) is 0 Å². The number of rotatable bonds is 14. The van der Waals surface area contributed by atoms with Crippen molar-refractivity contribution in [3.63, 3.8) is 0 Å². The molecule has 2 unspecified atom stereocenters. The molecule has 0 heterocycles. The van der Waals surface area contributed by atoms with E-state index in [0.717, 1.165) is 26.0 Å². The molecule has 206 valence electrons. The van der Waals surface area contributed by atoms with Crippen LogP contribution in [0.4, 0.5) is 0 Å². The summed E-state index contributed by atoms with van der Waals surface area (Å²) in [5.74, 6) is -4.98. The molecule has 12 nitrogen and oxygen atoms in total. The summed E-state index contributed by atoms with van der Waals surface area (Å²) in [4.78, 5) is 72.6. The van der Waals surface area contributed by atoms with Crippen LogP contribution in [0.25, 0.3) is 0 Å². The van der Waals surface area contributed by atoms with Gasteiger partial charge in [-0.3, -0.25) is 9.59 Å². The number of aliphatic hydroxyl groups excluding tert-OH is 2. The smallest absolute Gasteiger partial charge is 0.338 e. The normalized spacial score (nSPS) is 11.9. The van der Waals surface area contributed by atoms with E-state index in [2.05, 4.69) is 13.2 Å². The summed E-state index contributed by atoms with van der Waals surface area (Å²) in [5.41, 5.74) is -1.04. The summed E-state index contributed by atoms with van der Waals surface area (Å²) >= 11 is 0. The highest BCUT2D eigenvalue weighted by atomic mass is 16.6. The van der Waals surface area contributed by atoms with E-state index in [9.17, 15) is 39.0 Å². The van der Waals surface area contributed by atoms with Crippen LogP contribution in [0.3, 0.4) is 0 Å². The van der Waals surface area contributed by atoms with Gasteiger partial charge in [0.15, 0.2) is 11.6 Å². The molecule has 0 radical (unpaired) electrons. The molecular weight excluding hydrogens is 504 g/mol. The molecule has 0 bridgehead atoms. The Morgan fingerprint density at radius 3 is 1.18 bits per heavy atom. The number of Topliss-reactive ketones (excluding diaryl/α,β-unsaturated/α-hetero) is 2. The van der Waals surface area contributed by atoms with Gasteiger partial charge in [-0.25, -0.2) is 19.2 Å². The number of carbonyl (C=O) groups excluding carboxylic acids is 6. The average molecular weight is 535 g/mol. The Morgan fingerprint density at radius 1 is 0.605 bits per heavy atom. The zero-order valence-electron chi connectivity index (χ0n) is 21.5. The Kier molecular flexibility index (Phi) is 12.2. The van der Waals surface area contributed by atoms with E-state index in [1.54, 1.807) is 0 Å². The molecule has 0 saturated heterocycles. The highest BCUT2D eigenvalue weighted by Gasteiger charge is 2.26. The van der Waals surface area contributed by atoms with Gasteiger partial charge in [0.2, 0.25) is 0 Å². The number of aliphatic hydroxyl groups is 2. The minimum absolute atomic E-state index is 0.102. The number of hydrogen-bond donors (Lipinski definition) is 2. The van der Waals surface area contributed by atoms with Crippen LogP contribution in [-0.4, -0.2) is 84.3 Å². The molecule has 1 aromatic rings. The molecule has 0 amide bonds. The van der Waals surface area contributed by atoms with Gasteiger partial charge in [-0.1, -0.05) is 13.2 Å². The number of esters is 4. The van der Waals surface area contributed by atoms with E-state index in [0.29, 0.717) is 0 Å². The Morgan fingerprint density at radius 2 is 0.895 bits per heavy atom. The van der Waals surface area contributed by atoms with E-state index >= 15 is 0 Å². The van der Waals surface area contributed by atoms with Crippen LogP contribution in [0, 0.1) is 0 Å². The van der Waals surface area contributed by atoms with Crippen molar-refractivity contribution in [2.24, 2.45) is 0 Å². The Labute approximate surface area is 218 Å². The first-order valence-electron chi connectivity index (χ1n) is 11.2. The minimum atomic E-state index is -1.40. The monoisotopic (exact) mass is 534 g/mol. The van der Waals surface area contributed by atoms with Crippen LogP contribution >= 0.6 is 0 Å². The Balaban J connectivity index is 3.08. The second-order valence-corrected chi connectivity index (χ2v) is 8.32. The van der Waals surface area contributed by atoms with Gasteiger partial charge in [0.05, 0.1) is 11.1 Å². The number of carbonyl (C=O) groups is 6. The fraction of sp³-hybridized carbons (Fsp3) is 0.385. The van der Waals surface area contributed by atoms with Crippen molar-refractivity contribution < 1.29 is 57.9 Å². The highest BCUT2D eigenvalue weighted by molar-refractivity contribution is 6.12. The maximum Gasteiger partial charge on any atom is 0.338 e. The van der Waals surface area contributed by atoms with E-state index in [1.807, 2.05) is 0 Å². The van der Waals surface area contributed by atoms with Gasteiger partial charge in [0.1, 0.15) is 38.6 Å². The van der Waals surface area contributed by atoms with Gasteiger partial charge in [0, 0.05) is 22.3 Å². The van der Waals surface area contributed by atoms with E-state index in [-0.39, 0.29) is 22.3 Å². The standard InChI is InChI=1S/C26H30O12/c1-13(2)23(31)35-9-17(29)11-37-25(33)21-8-22(20(16(6)28)7-19(21)15(5)27)26(34)38-12-18(30)10-36-24(32)14(3)4/h7-8,17-18,29-30H,1,3,9-12H2,2,4-6H3. The first-order chi connectivity index (χ1) is 17.6. The molecule has 38 heavy (non-hydrogen) atoms. The Hall–Kier alpha value is -4.16. The predicted octanol–water partition coefficient (Wildman–Crippen LogP) is 1.37. The second-order valence-electron chi connectivity index (χ2n) is 8.32. The molecular formula is C26H30O12. The van der Waals surface area contributed by atoms with Crippen molar-refractivity contribution in [2.75, 3.05) is 26.4 Å². The summed E-state index contributed by atoms with van der Waals surface area (Å²) < 4.78 is 19.5. The van der Waals surface area contributed by atoms with Crippen LogP contribution in [0.5, 0.6) is 0 Å². The third kappa shape index (κ3) is 9.71. The summed E-state index contributed by atoms with van der Waals surface area (Å²) in [7, 11) is 0. The zero-order valence-corrected chi connectivity index (χ0v) is 21.5. The van der Waals surface area contributed by atoms with Gasteiger partial charge >= 0.3 is 23.9 Å². The molecule has 1 rings (SSSR count). The van der Waals surface area contributed by atoms with Crippen LogP contribution in [0.15, 0.2) is 36.4 Å². The van der Waals surface area contributed by atoms with Gasteiger partial charge in [-0.05, 0) is 39.8 Å². The molecule has 0 spiro atoms. The molecule has 0 aromatic heterocycles. The van der Waals surface area contributed by atoms with Crippen molar-refractivity contribution in [1.82, 2.24) is 0 Å². The molecule has 0 aliphatic rings. The third-order valence-corrected chi connectivity index (χ3v) is 4.68. The van der Waals surface area contributed by atoms with Crippen molar-refractivity contribution in [2.45, 2.75) is 39.9 Å². The van der Waals surface area contributed by atoms with Crippen molar-refractivity contribution in [3.05, 3.63) is 58.7 Å². The zero-order chi connectivity index (χ0) is 29.2. The lowest BCUT2D eigenvalue weighted by atomic mass is 9.94. The summed E-state index contributed by atoms with van der Waals surface area (Å²) in [5, 5.41) is 19.8. The molecule has 0 saturated carbocycles. The van der Waals surface area contributed by atoms with Crippen molar-refractivity contribution in [1.29, 1.82) is 0 Å². The summed E-state index contributed by atoms with van der Waals surface area (Å²) in [6, 6.07) is 1.97. The van der Waals surface area contributed by atoms with Gasteiger partial charge < -0.3 is 29.2 Å². The minimum Gasteiger partial charge on any atom is -0.459 e. The number of benzene rings is 1. The largest absolute Gasteiger partial charge is 0.459 e. The third-order valence-electron chi connectivity index (χ3n) is 4.68. The van der Waals surface area contributed by atoms with E-state index < -0.39 is 85.2 Å². The highest BCUT2D eigenvalue weighted by Crippen LogP contribution is 2.21.